The van der Waals surface area contributed by atoms with Crippen molar-refractivity contribution in [3.63, 3.8) is 0 Å². The van der Waals surface area contributed by atoms with Crippen LogP contribution in [-0.2, 0) is 11.2 Å². The van der Waals surface area contributed by atoms with E-state index < -0.39 is 0 Å². The number of carbonyl (C=O) groups is 1. The summed E-state index contributed by atoms with van der Waals surface area (Å²) in [6, 6.07) is 8.68. The maximum atomic E-state index is 11.5. The zero-order valence-electron chi connectivity index (χ0n) is 10.9. The first-order valence-corrected chi connectivity index (χ1v) is 6.56. The predicted octanol–water partition coefficient (Wildman–Crippen LogP) is 0.856. The van der Waals surface area contributed by atoms with Gasteiger partial charge in [0.05, 0.1) is 6.54 Å². The SMILES string of the molecule is CCc1ccc(N2CCN(C(=O)CN)CC2)cc1. The number of amides is 1. The topological polar surface area (TPSA) is 49.6 Å². The Morgan fingerprint density at radius 2 is 1.78 bits per heavy atom. The summed E-state index contributed by atoms with van der Waals surface area (Å²) in [6.07, 6.45) is 1.07. The molecule has 98 valence electrons. The van der Waals surface area contributed by atoms with E-state index in [0.717, 1.165) is 32.6 Å². The number of hydrogen-bond donors (Lipinski definition) is 1. The molecule has 0 aromatic heterocycles. The number of nitrogens with zero attached hydrogens (tertiary/aromatic N) is 2. The van der Waals surface area contributed by atoms with Crippen LogP contribution in [0.3, 0.4) is 0 Å². The molecule has 0 bridgehead atoms. The predicted molar refractivity (Wildman–Crippen MR) is 73.7 cm³/mol. The molecule has 0 saturated carbocycles. The second-order valence-electron chi connectivity index (χ2n) is 4.59. The van der Waals surface area contributed by atoms with Crippen molar-refractivity contribution in [2.45, 2.75) is 13.3 Å². The summed E-state index contributed by atoms with van der Waals surface area (Å²) in [4.78, 5) is 15.6. The lowest BCUT2D eigenvalue weighted by atomic mass is 10.1. The molecule has 0 unspecified atom stereocenters. The van der Waals surface area contributed by atoms with E-state index in [2.05, 4.69) is 36.1 Å². The second-order valence-corrected chi connectivity index (χ2v) is 4.59. The molecule has 1 aromatic carbocycles. The van der Waals surface area contributed by atoms with Crippen LogP contribution in [0.4, 0.5) is 5.69 Å². The average molecular weight is 247 g/mol. The second kappa shape index (κ2) is 5.87. The lowest BCUT2D eigenvalue weighted by Crippen LogP contribution is -2.50. The van der Waals surface area contributed by atoms with Crippen molar-refractivity contribution in [3.8, 4) is 0 Å². The van der Waals surface area contributed by atoms with Gasteiger partial charge in [0, 0.05) is 31.9 Å². The van der Waals surface area contributed by atoms with E-state index in [9.17, 15) is 4.79 Å². The summed E-state index contributed by atoms with van der Waals surface area (Å²) < 4.78 is 0. The Kier molecular flexibility index (Phi) is 4.20. The van der Waals surface area contributed by atoms with Crippen molar-refractivity contribution in [2.75, 3.05) is 37.6 Å². The smallest absolute Gasteiger partial charge is 0.236 e. The first-order valence-electron chi connectivity index (χ1n) is 6.56. The largest absolute Gasteiger partial charge is 0.368 e. The standard InChI is InChI=1S/C14H21N3O/c1-2-12-3-5-13(6-4-12)16-7-9-17(10-8-16)14(18)11-15/h3-6H,2,7-11,15H2,1H3. The van der Waals surface area contributed by atoms with Gasteiger partial charge in [-0.05, 0) is 24.1 Å². The number of hydrogen-bond acceptors (Lipinski definition) is 3. The quantitative estimate of drug-likeness (QED) is 0.861. The molecule has 2 rings (SSSR count). The molecular weight excluding hydrogens is 226 g/mol. The monoisotopic (exact) mass is 247 g/mol. The van der Waals surface area contributed by atoms with Gasteiger partial charge in [-0.15, -0.1) is 0 Å². The number of aryl methyl sites for hydroxylation is 1. The lowest BCUT2D eigenvalue weighted by molar-refractivity contribution is -0.129. The first-order chi connectivity index (χ1) is 8.74. The molecule has 1 aliphatic heterocycles. The Morgan fingerprint density at radius 1 is 1.17 bits per heavy atom. The molecule has 4 heteroatoms. The summed E-state index contributed by atoms with van der Waals surface area (Å²) in [5.41, 5.74) is 7.98. The molecule has 1 fully saturated rings. The molecule has 0 radical (unpaired) electrons. The van der Waals surface area contributed by atoms with Gasteiger partial charge in [-0.25, -0.2) is 0 Å². The molecule has 0 spiro atoms. The van der Waals surface area contributed by atoms with E-state index in [1.807, 2.05) is 4.90 Å². The normalized spacial score (nSPS) is 15.9. The third-order valence-electron chi connectivity index (χ3n) is 3.52. The van der Waals surface area contributed by atoms with Crippen LogP contribution in [-0.4, -0.2) is 43.5 Å². The fourth-order valence-electron chi connectivity index (χ4n) is 2.29. The van der Waals surface area contributed by atoms with E-state index in [4.69, 9.17) is 5.73 Å². The Morgan fingerprint density at radius 3 is 2.28 bits per heavy atom. The van der Waals surface area contributed by atoms with Gasteiger partial charge in [-0.1, -0.05) is 19.1 Å². The summed E-state index contributed by atoms with van der Waals surface area (Å²) in [5.74, 6) is 0.0518. The van der Waals surface area contributed by atoms with E-state index in [-0.39, 0.29) is 12.5 Å². The first kappa shape index (κ1) is 12.9. The van der Waals surface area contributed by atoms with Crippen LogP contribution in [0.15, 0.2) is 24.3 Å². The molecular formula is C14H21N3O. The third kappa shape index (κ3) is 2.82. The summed E-state index contributed by atoms with van der Waals surface area (Å²) >= 11 is 0. The van der Waals surface area contributed by atoms with Gasteiger partial charge in [0.15, 0.2) is 0 Å². The molecule has 1 aromatic rings. The zero-order chi connectivity index (χ0) is 13.0. The summed E-state index contributed by atoms with van der Waals surface area (Å²) in [6.45, 7) is 5.59. The minimum atomic E-state index is 0.0518. The molecule has 0 aliphatic carbocycles. The van der Waals surface area contributed by atoms with E-state index in [1.165, 1.54) is 11.3 Å². The Bertz CT molecular complexity index is 394. The number of piperazine rings is 1. The van der Waals surface area contributed by atoms with Crippen LogP contribution < -0.4 is 10.6 Å². The Balaban J connectivity index is 1.94. The molecule has 1 amide bonds. The minimum absolute atomic E-state index is 0.0518. The van der Waals surface area contributed by atoms with Crippen LogP contribution in [0.2, 0.25) is 0 Å². The molecule has 4 nitrogen and oxygen atoms in total. The van der Waals surface area contributed by atoms with Crippen LogP contribution >= 0.6 is 0 Å². The summed E-state index contributed by atoms with van der Waals surface area (Å²) in [7, 11) is 0. The van der Waals surface area contributed by atoms with Gasteiger partial charge < -0.3 is 15.5 Å². The molecule has 0 atom stereocenters. The lowest BCUT2D eigenvalue weighted by Gasteiger charge is -2.36. The fourth-order valence-corrected chi connectivity index (χ4v) is 2.29. The highest BCUT2D eigenvalue weighted by Crippen LogP contribution is 2.17. The van der Waals surface area contributed by atoms with Crippen LogP contribution in [0.5, 0.6) is 0 Å². The van der Waals surface area contributed by atoms with Gasteiger partial charge in [-0.2, -0.15) is 0 Å². The van der Waals surface area contributed by atoms with Gasteiger partial charge in [-0.3, -0.25) is 4.79 Å². The third-order valence-corrected chi connectivity index (χ3v) is 3.52. The minimum Gasteiger partial charge on any atom is -0.368 e. The fraction of sp³-hybridized carbons (Fsp3) is 0.500. The number of benzene rings is 1. The highest BCUT2D eigenvalue weighted by Gasteiger charge is 2.19. The number of anilines is 1. The highest BCUT2D eigenvalue weighted by atomic mass is 16.2. The van der Waals surface area contributed by atoms with Crippen molar-refractivity contribution >= 4 is 11.6 Å². The number of nitrogens with two attached hydrogens (primary N) is 1. The maximum absolute atomic E-state index is 11.5. The van der Waals surface area contributed by atoms with E-state index >= 15 is 0 Å². The highest BCUT2D eigenvalue weighted by molar-refractivity contribution is 5.78. The van der Waals surface area contributed by atoms with Crippen molar-refractivity contribution in [3.05, 3.63) is 29.8 Å². The van der Waals surface area contributed by atoms with Gasteiger partial charge >= 0.3 is 0 Å². The van der Waals surface area contributed by atoms with Crippen molar-refractivity contribution < 1.29 is 4.79 Å². The molecule has 1 aliphatic rings. The molecule has 18 heavy (non-hydrogen) atoms. The van der Waals surface area contributed by atoms with E-state index in [0.29, 0.717) is 0 Å². The van der Waals surface area contributed by atoms with Crippen LogP contribution in [0.1, 0.15) is 12.5 Å². The molecule has 1 saturated heterocycles. The maximum Gasteiger partial charge on any atom is 0.236 e. The van der Waals surface area contributed by atoms with Gasteiger partial charge in [0.1, 0.15) is 0 Å². The summed E-state index contributed by atoms with van der Waals surface area (Å²) in [5, 5.41) is 0. The van der Waals surface area contributed by atoms with Crippen LogP contribution in [0.25, 0.3) is 0 Å². The van der Waals surface area contributed by atoms with Crippen molar-refractivity contribution in [1.82, 2.24) is 4.90 Å². The molecule has 1 heterocycles. The van der Waals surface area contributed by atoms with Crippen molar-refractivity contribution in [2.24, 2.45) is 5.73 Å². The van der Waals surface area contributed by atoms with Gasteiger partial charge in [0.2, 0.25) is 5.91 Å². The number of rotatable bonds is 3. The Hall–Kier alpha value is -1.55. The van der Waals surface area contributed by atoms with Crippen molar-refractivity contribution in [1.29, 1.82) is 0 Å². The molecule has 2 N–H and O–H groups in total. The van der Waals surface area contributed by atoms with E-state index in [1.54, 1.807) is 0 Å². The Labute approximate surface area is 108 Å². The van der Waals surface area contributed by atoms with Gasteiger partial charge in [0.25, 0.3) is 0 Å². The average Bonchev–Trinajstić information content (AvgIpc) is 2.47. The zero-order valence-corrected chi connectivity index (χ0v) is 10.9. The van der Waals surface area contributed by atoms with Crippen LogP contribution in [0, 0.1) is 0 Å². The number of carbonyl (C=O) groups excluding carboxylic acids is 1.